The molecule has 2 aromatic heterocycles. The maximum absolute atomic E-state index is 12.3. The van der Waals surface area contributed by atoms with E-state index in [0.29, 0.717) is 34.1 Å². The first-order chi connectivity index (χ1) is 16.7. The van der Waals surface area contributed by atoms with Gasteiger partial charge in [-0.15, -0.1) is 0 Å². The Hall–Kier alpha value is -2.42. The molecule has 2 aliphatic rings. The Morgan fingerprint density at radius 3 is 2.71 bits per heavy atom. The van der Waals surface area contributed by atoms with E-state index in [2.05, 4.69) is 21.7 Å². The summed E-state index contributed by atoms with van der Waals surface area (Å²) >= 11 is 12.6. The van der Waals surface area contributed by atoms with Crippen LogP contribution in [0, 0.1) is 12.8 Å². The van der Waals surface area contributed by atoms with Gasteiger partial charge in [0.1, 0.15) is 11.3 Å². The Balaban J connectivity index is 1.46. The van der Waals surface area contributed by atoms with E-state index in [9.17, 15) is 9.90 Å². The number of nitrogens with zero attached hydrogens (tertiary/aromatic N) is 6. The van der Waals surface area contributed by atoms with Crippen molar-refractivity contribution in [1.82, 2.24) is 24.6 Å². The summed E-state index contributed by atoms with van der Waals surface area (Å²) in [4.78, 5) is 26.3. The highest BCUT2D eigenvalue weighted by molar-refractivity contribution is 6.35. The van der Waals surface area contributed by atoms with Gasteiger partial charge in [-0.05, 0) is 64.3 Å². The second-order valence-electron chi connectivity index (χ2n) is 9.75. The topological polar surface area (TPSA) is 87.4 Å². The van der Waals surface area contributed by atoms with Gasteiger partial charge in [0.05, 0.1) is 23.9 Å². The zero-order valence-corrected chi connectivity index (χ0v) is 21.7. The molecule has 186 valence electrons. The number of rotatable bonds is 5. The molecule has 35 heavy (non-hydrogen) atoms. The third-order valence-corrected chi connectivity index (χ3v) is 8.15. The van der Waals surface area contributed by atoms with E-state index in [1.807, 2.05) is 30.7 Å². The fourth-order valence-electron chi connectivity index (χ4n) is 5.67. The van der Waals surface area contributed by atoms with Gasteiger partial charge in [-0.3, -0.25) is 9.69 Å². The summed E-state index contributed by atoms with van der Waals surface area (Å²) in [6, 6.07) is 5.74. The summed E-state index contributed by atoms with van der Waals surface area (Å²) in [5.74, 6) is -0.549. The Bertz CT molecular complexity index is 1260. The quantitative estimate of drug-likeness (QED) is 0.520. The predicted molar refractivity (Wildman–Crippen MR) is 137 cm³/mol. The van der Waals surface area contributed by atoms with E-state index in [1.54, 1.807) is 12.3 Å². The summed E-state index contributed by atoms with van der Waals surface area (Å²) in [7, 11) is 0. The maximum atomic E-state index is 12.3. The van der Waals surface area contributed by atoms with Gasteiger partial charge in [0.15, 0.2) is 5.65 Å². The van der Waals surface area contributed by atoms with E-state index < -0.39 is 11.9 Å². The number of anilines is 1. The van der Waals surface area contributed by atoms with Crippen LogP contribution in [0.2, 0.25) is 10.0 Å². The molecular formula is C25H30Cl2N6O2. The van der Waals surface area contributed by atoms with E-state index in [4.69, 9.17) is 33.3 Å². The van der Waals surface area contributed by atoms with Crippen LogP contribution in [0.15, 0.2) is 24.4 Å². The van der Waals surface area contributed by atoms with Crippen LogP contribution in [0.5, 0.6) is 0 Å². The van der Waals surface area contributed by atoms with E-state index in [0.717, 1.165) is 49.1 Å². The number of hydrogen-bond donors (Lipinski definition) is 1. The van der Waals surface area contributed by atoms with E-state index in [1.165, 1.54) is 0 Å². The van der Waals surface area contributed by atoms with Gasteiger partial charge in [0.25, 0.3) is 0 Å². The molecule has 4 atom stereocenters. The monoisotopic (exact) mass is 516 g/mol. The van der Waals surface area contributed by atoms with Crippen LogP contribution in [-0.4, -0.2) is 67.4 Å². The molecule has 8 nitrogen and oxygen atoms in total. The molecular weight excluding hydrogens is 487 g/mol. The van der Waals surface area contributed by atoms with Crippen LogP contribution in [0.3, 0.4) is 0 Å². The molecule has 1 N–H and O–H groups in total. The highest BCUT2D eigenvalue weighted by Gasteiger charge is 2.41. The van der Waals surface area contributed by atoms with Crippen LogP contribution in [0.4, 0.5) is 5.82 Å². The van der Waals surface area contributed by atoms with E-state index in [-0.39, 0.29) is 12.1 Å². The Morgan fingerprint density at radius 2 is 2.03 bits per heavy atom. The number of halogens is 2. The van der Waals surface area contributed by atoms with Crippen molar-refractivity contribution in [2.75, 3.05) is 24.5 Å². The van der Waals surface area contributed by atoms with Gasteiger partial charge in [0.2, 0.25) is 0 Å². The highest BCUT2D eigenvalue weighted by atomic mass is 35.5. The molecule has 1 aromatic carbocycles. The van der Waals surface area contributed by atoms with Crippen molar-refractivity contribution in [3.05, 3.63) is 45.7 Å². The molecule has 10 heteroatoms. The molecule has 5 rings (SSSR count). The molecule has 0 saturated carbocycles. The summed E-state index contributed by atoms with van der Waals surface area (Å²) in [6.07, 6.45) is 4.79. The number of hydrogen-bond acceptors (Lipinski definition) is 6. The molecule has 2 fully saturated rings. The number of carboxylic acids is 1. The van der Waals surface area contributed by atoms with Crippen molar-refractivity contribution < 1.29 is 9.90 Å². The third-order valence-electron chi connectivity index (χ3n) is 7.59. The second-order valence-corrected chi connectivity index (χ2v) is 10.6. The summed E-state index contributed by atoms with van der Waals surface area (Å²) < 4.78 is 1.84. The molecule has 0 amide bonds. The molecule has 2 aliphatic heterocycles. The average molecular weight is 517 g/mol. The van der Waals surface area contributed by atoms with Gasteiger partial charge in [-0.25, -0.2) is 14.6 Å². The fourth-order valence-corrected chi connectivity index (χ4v) is 6.24. The lowest BCUT2D eigenvalue weighted by Gasteiger charge is -2.42. The number of carboxylic acid groups (broad SMARTS) is 1. The lowest BCUT2D eigenvalue weighted by molar-refractivity contribution is -0.144. The van der Waals surface area contributed by atoms with Gasteiger partial charge >= 0.3 is 5.97 Å². The SMILES string of the molecule is Cc1nn(C(C)c2ccc(Cl)cc2Cl)c2nc(N3CCC(N4CCCC4C)C(C(=O)O)C3)cnc12. The minimum atomic E-state index is -0.750. The van der Waals surface area contributed by atoms with Crippen molar-refractivity contribution in [3.8, 4) is 0 Å². The standard InChI is InChI=1S/C25H30Cl2N6O2/c1-14-5-4-9-32(14)21-8-10-31(13-19(21)25(34)35)22-12-28-23-15(2)30-33(24(23)29-22)16(3)18-7-6-17(26)11-20(18)27/h6-7,11-12,14,16,19,21H,4-5,8-10,13H2,1-3H3,(H,34,35). The normalized spacial score (nSPS) is 24.3. The van der Waals surface area contributed by atoms with Crippen molar-refractivity contribution in [3.63, 3.8) is 0 Å². The lowest BCUT2D eigenvalue weighted by Crippen LogP contribution is -2.54. The van der Waals surface area contributed by atoms with Gasteiger partial charge in [0, 0.05) is 35.2 Å². The summed E-state index contributed by atoms with van der Waals surface area (Å²) in [6.45, 7) is 8.25. The first-order valence-corrected chi connectivity index (χ1v) is 12.9. The Morgan fingerprint density at radius 1 is 1.23 bits per heavy atom. The van der Waals surface area contributed by atoms with Crippen LogP contribution >= 0.6 is 23.2 Å². The maximum Gasteiger partial charge on any atom is 0.309 e. The summed E-state index contributed by atoms with van der Waals surface area (Å²) in [5.41, 5.74) is 3.04. The molecule has 4 heterocycles. The minimum absolute atomic E-state index is 0.0535. The molecule has 3 aromatic rings. The molecule has 4 unspecified atom stereocenters. The Labute approximate surface area is 214 Å². The number of piperidine rings is 1. The van der Waals surface area contributed by atoms with Crippen molar-refractivity contribution in [2.24, 2.45) is 5.92 Å². The third kappa shape index (κ3) is 4.47. The largest absolute Gasteiger partial charge is 0.481 e. The van der Waals surface area contributed by atoms with Gasteiger partial charge in [-0.1, -0.05) is 29.3 Å². The number of fused-ring (bicyclic) bond motifs is 1. The van der Waals surface area contributed by atoms with Crippen molar-refractivity contribution >= 4 is 46.2 Å². The number of aliphatic carboxylic acids is 1. The first kappa shape index (κ1) is 24.3. The second kappa shape index (κ2) is 9.56. The van der Waals surface area contributed by atoms with Crippen LogP contribution < -0.4 is 4.90 Å². The van der Waals surface area contributed by atoms with E-state index >= 15 is 0 Å². The predicted octanol–water partition coefficient (Wildman–Crippen LogP) is 4.81. The molecule has 0 radical (unpaired) electrons. The number of aryl methyl sites for hydroxylation is 1. The van der Waals surface area contributed by atoms with Crippen molar-refractivity contribution in [1.29, 1.82) is 0 Å². The number of benzene rings is 1. The van der Waals surface area contributed by atoms with Crippen LogP contribution in [0.25, 0.3) is 11.2 Å². The average Bonchev–Trinajstić information content (AvgIpc) is 3.40. The number of carbonyl (C=O) groups is 1. The molecule has 0 bridgehead atoms. The lowest BCUT2D eigenvalue weighted by atomic mass is 9.90. The number of aromatic nitrogens is 4. The Kier molecular flexibility index (Phi) is 6.63. The van der Waals surface area contributed by atoms with Crippen LogP contribution in [0.1, 0.15) is 50.4 Å². The van der Waals surface area contributed by atoms with Crippen LogP contribution in [-0.2, 0) is 4.79 Å². The zero-order valence-electron chi connectivity index (χ0n) is 20.2. The summed E-state index contributed by atoms with van der Waals surface area (Å²) in [5, 5.41) is 15.9. The minimum Gasteiger partial charge on any atom is -0.481 e. The first-order valence-electron chi connectivity index (χ1n) is 12.1. The van der Waals surface area contributed by atoms with Gasteiger partial charge < -0.3 is 10.0 Å². The smallest absolute Gasteiger partial charge is 0.309 e. The molecule has 0 aliphatic carbocycles. The molecule has 2 saturated heterocycles. The van der Waals surface area contributed by atoms with Gasteiger partial charge in [-0.2, -0.15) is 5.10 Å². The molecule has 0 spiro atoms. The fraction of sp³-hybridized carbons (Fsp3) is 0.520. The highest BCUT2D eigenvalue weighted by Crippen LogP contribution is 2.33. The zero-order chi connectivity index (χ0) is 24.9. The van der Waals surface area contributed by atoms with Crippen molar-refractivity contribution in [2.45, 2.75) is 58.2 Å². The number of likely N-dealkylation sites (tertiary alicyclic amines) is 1.